The average molecular weight is 696 g/mol. The molecule has 0 bridgehead atoms. The first-order valence-corrected chi connectivity index (χ1v) is 17.8. The summed E-state index contributed by atoms with van der Waals surface area (Å²) in [6.07, 6.45) is 7.95. The Kier molecular flexibility index (Phi) is 10.3. The maximum atomic E-state index is 15.3. The number of carbonyl (C=O) groups excluding carboxylic acids is 4. The molecule has 11 heteroatoms. The predicted molar refractivity (Wildman–Crippen MR) is 194 cm³/mol. The smallest absolute Gasteiger partial charge is 0.262 e. The molecule has 3 aromatic rings. The molecule has 1 aromatic heterocycles. The van der Waals surface area contributed by atoms with Crippen LogP contribution >= 0.6 is 0 Å². The molecule has 1 saturated heterocycles. The Balaban J connectivity index is 1.13. The molecular formula is C40H46FN5O5. The van der Waals surface area contributed by atoms with Gasteiger partial charge >= 0.3 is 0 Å². The van der Waals surface area contributed by atoms with Crippen LogP contribution in [0.2, 0.25) is 0 Å². The van der Waals surface area contributed by atoms with Crippen molar-refractivity contribution in [2.24, 2.45) is 17.8 Å². The van der Waals surface area contributed by atoms with E-state index in [9.17, 15) is 19.2 Å². The number of hydrogen-bond donors (Lipinski definition) is 2. The van der Waals surface area contributed by atoms with Gasteiger partial charge in [-0.1, -0.05) is 43.8 Å². The van der Waals surface area contributed by atoms with Crippen molar-refractivity contribution in [1.82, 2.24) is 15.4 Å². The molecule has 1 aliphatic carbocycles. The number of benzene rings is 2. The minimum atomic E-state index is -1.10. The Labute approximate surface area is 298 Å². The van der Waals surface area contributed by atoms with Crippen molar-refractivity contribution in [2.45, 2.75) is 79.2 Å². The van der Waals surface area contributed by atoms with E-state index in [0.717, 1.165) is 71.5 Å². The summed E-state index contributed by atoms with van der Waals surface area (Å²) in [5.41, 5.74) is 6.61. The second-order valence-corrected chi connectivity index (χ2v) is 14.4. The van der Waals surface area contributed by atoms with Crippen molar-refractivity contribution < 1.29 is 28.1 Å². The number of hydrogen-bond acceptors (Lipinski definition) is 8. The zero-order chi connectivity index (χ0) is 36.6. The largest absolute Gasteiger partial charge is 0.382 e. The van der Waals surface area contributed by atoms with Crippen molar-refractivity contribution in [3.05, 3.63) is 88.7 Å². The molecule has 0 radical (unpaired) electrons. The van der Waals surface area contributed by atoms with E-state index >= 15 is 4.39 Å². The minimum Gasteiger partial charge on any atom is -0.382 e. The van der Waals surface area contributed by atoms with E-state index in [2.05, 4.69) is 72.3 Å². The van der Waals surface area contributed by atoms with Crippen molar-refractivity contribution >= 4 is 35.0 Å². The van der Waals surface area contributed by atoms with Crippen molar-refractivity contribution in [3.8, 4) is 11.1 Å². The molecule has 4 amide bonds. The highest BCUT2D eigenvalue weighted by atomic mass is 19.1. The van der Waals surface area contributed by atoms with Crippen LogP contribution in [0.15, 0.2) is 59.3 Å². The number of aryl methyl sites for hydroxylation is 3. The molecular weight excluding hydrogens is 649 g/mol. The number of amides is 4. The number of halogens is 1. The van der Waals surface area contributed by atoms with Crippen LogP contribution in [0.1, 0.15) is 90.1 Å². The Bertz CT molecular complexity index is 1900. The van der Waals surface area contributed by atoms with Gasteiger partial charge in [0.25, 0.3) is 11.8 Å². The van der Waals surface area contributed by atoms with Crippen LogP contribution in [0.5, 0.6) is 0 Å². The third-order valence-electron chi connectivity index (χ3n) is 10.5. The fraction of sp³-hybridized carbons (Fsp3) is 0.425. The molecule has 1 saturated carbocycles. The molecule has 0 spiro atoms. The summed E-state index contributed by atoms with van der Waals surface area (Å²) in [5.74, 6) is -1.35. The molecule has 2 N–H and O–H groups in total. The Morgan fingerprint density at radius 2 is 1.73 bits per heavy atom. The van der Waals surface area contributed by atoms with E-state index in [1.807, 2.05) is 19.9 Å². The molecule has 1 unspecified atom stereocenters. The molecule has 6 rings (SSSR count). The summed E-state index contributed by atoms with van der Waals surface area (Å²) in [5, 5.41) is 9.56. The second kappa shape index (κ2) is 14.7. The van der Waals surface area contributed by atoms with E-state index in [-0.39, 0.29) is 35.6 Å². The summed E-state index contributed by atoms with van der Waals surface area (Å²) < 4.78 is 20.8. The molecule has 10 nitrogen and oxygen atoms in total. The van der Waals surface area contributed by atoms with Crippen molar-refractivity contribution in [1.29, 1.82) is 0 Å². The first kappa shape index (κ1) is 35.8. The monoisotopic (exact) mass is 695 g/mol. The molecule has 2 aromatic carbocycles. The number of imide groups is 2. The van der Waals surface area contributed by atoms with Crippen LogP contribution in [-0.4, -0.2) is 52.8 Å². The van der Waals surface area contributed by atoms with Gasteiger partial charge in [-0.2, -0.15) is 0 Å². The normalized spacial score (nSPS) is 20.9. The number of rotatable bonds is 11. The fourth-order valence-electron chi connectivity index (χ4n) is 7.77. The summed E-state index contributed by atoms with van der Waals surface area (Å²) in [4.78, 5) is 53.6. The molecule has 1 atom stereocenters. The second-order valence-electron chi connectivity index (χ2n) is 14.4. The standard InChI is InChI=1S/C40H46FN5O5/c1-7-8-33(22(2)3)45(35-17-28(14-9-23(35)4)37-24(5)44-51-25(37)6)21-27-12-10-26(11-13-27)20-42-32-19-30-29(18-31(32)41)39(49)46(40(30)50)34-15-16-36(47)43-38(34)48/h7-9,14,17-19,22,26-27,34,42H,1,10-13,15-16,20-21H2,2-6H3,(H,43,47,48)/b33-8+/t26-,27-,34?. The van der Waals surface area contributed by atoms with Crippen LogP contribution in [0, 0.1) is 44.3 Å². The lowest BCUT2D eigenvalue weighted by Crippen LogP contribution is -2.54. The minimum absolute atomic E-state index is 0.0198. The number of carbonyl (C=O) groups is 4. The summed E-state index contributed by atoms with van der Waals surface area (Å²) in [6.45, 7) is 15.8. The van der Waals surface area contributed by atoms with Gasteiger partial charge in [0.15, 0.2) is 0 Å². The summed E-state index contributed by atoms with van der Waals surface area (Å²) >= 11 is 0. The van der Waals surface area contributed by atoms with E-state index < -0.39 is 35.5 Å². The van der Waals surface area contributed by atoms with Gasteiger partial charge in [0, 0.05) is 36.5 Å². The number of piperidine rings is 1. The van der Waals surface area contributed by atoms with Crippen molar-refractivity contribution in [2.75, 3.05) is 23.3 Å². The van der Waals surface area contributed by atoms with Crippen molar-refractivity contribution in [3.63, 3.8) is 0 Å². The number of nitrogens with one attached hydrogen (secondary N) is 2. The van der Waals surface area contributed by atoms with Gasteiger partial charge in [0.05, 0.1) is 22.5 Å². The quantitative estimate of drug-likeness (QED) is 0.159. The lowest BCUT2D eigenvalue weighted by atomic mass is 9.81. The third-order valence-corrected chi connectivity index (χ3v) is 10.5. The molecule has 3 heterocycles. The molecule has 3 aliphatic rings. The fourth-order valence-corrected chi connectivity index (χ4v) is 7.77. The van der Waals surface area contributed by atoms with Gasteiger partial charge in [0.1, 0.15) is 17.6 Å². The van der Waals surface area contributed by atoms with Gasteiger partial charge in [-0.15, -0.1) is 0 Å². The third kappa shape index (κ3) is 7.11. The average Bonchev–Trinajstić information content (AvgIpc) is 3.55. The summed E-state index contributed by atoms with van der Waals surface area (Å²) in [7, 11) is 0. The molecule has 268 valence electrons. The van der Waals surface area contributed by atoms with E-state index in [1.54, 1.807) is 0 Å². The Morgan fingerprint density at radius 1 is 1.04 bits per heavy atom. The number of aromatic nitrogens is 1. The molecule has 51 heavy (non-hydrogen) atoms. The topological polar surface area (TPSA) is 125 Å². The highest BCUT2D eigenvalue weighted by Crippen LogP contribution is 2.38. The first-order valence-electron chi connectivity index (χ1n) is 17.8. The lowest BCUT2D eigenvalue weighted by Gasteiger charge is -2.37. The van der Waals surface area contributed by atoms with Crippen LogP contribution in [-0.2, 0) is 9.59 Å². The SMILES string of the molecule is C=C/C=C(\C(C)C)N(C[C@H]1CC[C@H](CNc2cc3c(cc2F)C(=O)N(C2CCC(=O)NC2=O)C3=O)CC1)c1cc(-c2c(C)noc2C)ccc1C. The first-order chi connectivity index (χ1) is 24.4. The van der Waals surface area contributed by atoms with E-state index in [0.29, 0.717) is 18.4 Å². The van der Waals surface area contributed by atoms with E-state index in [4.69, 9.17) is 4.52 Å². The van der Waals surface area contributed by atoms with Crippen LogP contribution in [0.4, 0.5) is 15.8 Å². The van der Waals surface area contributed by atoms with Gasteiger partial charge < -0.3 is 14.7 Å². The zero-order valence-electron chi connectivity index (χ0n) is 30.0. The van der Waals surface area contributed by atoms with Crippen LogP contribution in [0.25, 0.3) is 11.1 Å². The highest BCUT2D eigenvalue weighted by molar-refractivity contribution is 6.23. The van der Waals surface area contributed by atoms with Crippen LogP contribution in [0.3, 0.4) is 0 Å². The van der Waals surface area contributed by atoms with Gasteiger partial charge in [0.2, 0.25) is 11.8 Å². The van der Waals surface area contributed by atoms with E-state index in [1.165, 1.54) is 17.3 Å². The maximum Gasteiger partial charge on any atom is 0.262 e. The number of allylic oxidation sites excluding steroid dienone is 3. The summed E-state index contributed by atoms with van der Waals surface area (Å²) in [6, 6.07) is 7.87. The zero-order valence-corrected chi connectivity index (χ0v) is 30.0. The Morgan fingerprint density at radius 3 is 2.35 bits per heavy atom. The van der Waals surface area contributed by atoms with Gasteiger partial charge in [-0.25, -0.2) is 4.39 Å². The highest BCUT2D eigenvalue weighted by Gasteiger charge is 2.45. The molecule has 2 aliphatic heterocycles. The number of nitrogens with zero attached hydrogens (tertiary/aromatic N) is 3. The number of anilines is 2. The van der Waals surface area contributed by atoms with Crippen LogP contribution < -0.4 is 15.5 Å². The number of fused-ring (bicyclic) bond motifs is 1. The molecule has 2 fully saturated rings. The van der Waals surface area contributed by atoms with Gasteiger partial charge in [-0.05, 0) is 106 Å². The lowest BCUT2D eigenvalue weighted by molar-refractivity contribution is -0.136. The maximum absolute atomic E-state index is 15.3. The van der Waals surface area contributed by atoms with Gasteiger partial charge in [-0.3, -0.25) is 29.4 Å². The predicted octanol–water partition coefficient (Wildman–Crippen LogP) is 7.26. The Hall–Kier alpha value is -5.06.